The van der Waals surface area contributed by atoms with Crippen molar-refractivity contribution in [2.75, 3.05) is 11.9 Å². The van der Waals surface area contributed by atoms with E-state index < -0.39 is 0 Å². The highest BCUT2D eigenvalue weighted by atomic mass is 19.1. The minimum atomic E-state index is -0.327. The van der Waals surface area contributed by atoms with Crippen molar-refractivity contribution in [3.8, 4) is 11.5 Å². The zero-order valence-corrected chi connectivity index (χ0v) is 9.95. The lowest BCUT2D eigenvalue weighted by molar-refractivity contribution is 0.442. The maximum atomic E-state index is 13.9. The first kappa shape index (κ1) is 11.1. The van der Waals surface area contributed by atoms with Crippen molar-refractivity contribution in [1.29, 1.82) is 0 Å². The zero-order valence-electron chi connectivity index (χ0n) is 9.95. The first-order chi connectivity index (χ1) is 8.84. The molecule has 0 aromatic heterocycles. The zero-order chi connectivity index (χ0) is 12.4. The van der Waals surface area contributed by atoms with Gasteiger partial charge in [-0.25, -0.2) is 4.39 Å². The predicted molar refractivity (Wildman–Crippen MR) is 69.7 cm³/mol. The smallest absolute Gasteiger partial charge is 0.186 e. The fourth-order valence-corrected chi connectivity index (χ4v) is 2.20. The lowest BCUT2D eigenvalue weighted by Gasteiger charge is -2.21. The Balaban J connectivity index is 2.00. The van der Waals surface area contributed by atoms with Gasteiger partial charge < -0.3 is 10.1 Å². The van der Waals surface area contributed by atoms with Gasteiger partial charge in [0.15, 0.2) is 11.6 Å². The number of halogens is 1. The van der Waals surface area contributed by atoms with Crippen molar-refractivity contribution in [3.63, 3.8) is 0 Å². The normalized spacial score (nSPS) is 13.6. The van der Waals surface area contributed by atoms with Crippen molar-refractivity contribution in [3.05, 3.63) is 53.8 Å². The molecule has 0 amide bonds. The fourth-order valence-electron chi connectivity index (χ4n) is 2.20. The van der Waals surface area contributed by atoms with E-state index in [1.807, 2.05) is 36.4 Å². The van der Waals surface area contributed by atoms with Crippen LogP contribution in [0.25, 0.3) is 0 Å². The van der Waals surface area contributed by atoms with Crippen molar-refractivity contribution >= 4 is 5.69 Å². The van der Waals surface area contributed by atoms with Gasteiger partial charge in [-0.05, 0) is 36.6 Å². The molecular weight excluding hydrogens is 229 g/mol. The number of aryl methyl sites for hydroxylation is 1. The van der Waals surface area contributed by atoms with Gasteiger partial charge in [0.1, 0.15) is 5.75 Å². The van der Waals surface area contributed by atoms with Crippen molar-refractivity contribution < 1.29 is 9.13 Å². The number of para-hydroxylation sites is 1. The third kappa shape index (κ3) is 2.04. The maximum Gasteiger partial charge on any atom is 0.186 e. The highest BCUT2D eigenvalue weighted by Crippen LogP contribution is 2.37. The Labute approximate surface area is 105 Å². The Morgan fingerprint density at radius 2 is 1.89 bits per heavy atom. The van der Waals surface area contributed by atoms with E-state index in [9.17, 15) is 4.39 Å². The molecule has 1 aliphatic heterocycles. The van der Waals surface area contributed by atoms with Crippen LogP contribution in [0.15, 0.2) is 42.5 Å². The van der Waals surface area contributed by atoms with E-state index in [-0.39, 0.29) is 5.82 Å². The maximum absolute atomic E-state index is 13.9. The minimum absolute atomic E-state index is 0.304. The molecule has 0 saturated carbocycles. The second-order valence-corrected chi connectivity index (χ2v) is 4.36. The van der Waals surface area contributed by atoms with E-state index in [0.29, 0.717) is 11.5 Å². The molecule has 3 heteroatoms. The van der Waals surface area contributed by atoms with Crippen LogP contribution in [0.2, 0.25) is 0 Å². The number of benzene rings is 2. The topological polar surface area (TPSA) is 21.3 Å². The monoisotopic (exact) mass is 243 g/mol. The molecule has 0 fully saturated rings. The third-order valence-corrected chi connectivity index (χ3v) is 3.08. The summed E-state index contributed by atoms with van der Waals surface area (Å²) >= 11 is 0. The van der Waals surface area contributed by atoms with Crippen molar-refractivity contribution in [1.82, 2.24) is 0 Å². The third-order valence-electron chi connectivity index (χ3n) is 3.08. The van der Waals surface area contributed by atoms with E-state index in [1.54, 1.807) is 0 Å². The summed E-state index contributed by atoms with van der Waals surface area (Å²) < 4.78 is 19.6. The lowest BCUT2D eigenvalue weighted by Crippen LogP contribution is -2.13. The van der Waals surface area contributed by atoms with Crippen LogP contribution in [-0.4, -0.2) is 6.54 Å². The summed E-state index contributed by atoms with van der Waals surface area (Å²) in [5.41, 5.74) is 1.92. The number of hydrogen-bond donors (Lipinski definition) is 1. The average molecular weight is 243 g/mol. The SMILES string of the molecule is Fc1ccc2c(c1Oc1ccccc1)NCCC2. The Kier molecular flexibility index (Phi) is 2.89. The van der Waals surface area contributed by atoms with E-state index in [1.165, 1.54) is 6.07 Å². The van der Waals surface area contributed by atoms with E-state index in [0.717, 1.165) is 30.6 Å². The molecule has 1 heterocycles. The average Bonchev–Trinajstić information content (AvgIpc) is 2.43. The molecule has 0 atom stereocenters. The molecule has 0 radical (unpaired) electrons. The van der Waals surface area contributed by atoms with Crippen LogP contribution in [0.3, 0.4) is 0 Å². The van der Waals surface area contributed by atoms with Crippen LogP contribution in [-0.2, 0) is 6.42 Å². The number of rotatable bonds is 2. The van der Waals surface area contributed by atoms with Crippen LogP contribution in [0, 0.1) is 5.82 Å². The minimum Gasteiger partial charge on any atom is -0.452 e. The molecule has 0 aliphatic carbocycles. The quantitative estimate of drug-likeness (QED) is 0.861. The largest absolute Gasteiger partial charge is 0.452 e. The molecule has 18 heavy (non-hydrogen) atoms. The van der Waals surface area contributed by atoms with E-state index in [2.05, 4.69) is 5.32 Å². The molecular formula is C15H14FNO. The van der Waals surface area contributed by atoms with Crippen LogP contribution in [0.4, 0.5) is 10.1 Å². The fraction of sp³-hybridized carbons (Fsp3) is 0.200. The summed E-state index contributed by atoms with van der Waals surface area (Å²) in [4.78, 5) is 0. The summed E-state index contributed by atoms with van der Waals surface area (Å²) in [5, 5.41) is 3.23. The van der Waals surface area contributed by atoms with Crippen LogP contribution < -0.4 is 10.1 Å². The Morgan fingerprint density at radius 1 is 1.06 bits per heavy atom. The Morgan fingerprint density at radius 3 is 2.72 bits per heavy atom. The second kappa shape index (κ2) is 4.69. The molecule has 2 nitrogen and oxygen atoms in total. The Bertz CT molecular complexity index is 554. The highest BCUT2D eigenvalue weighted by molar-refractivity contribution is 5.64. The van der Waals surface area contributed by atoms with Gasteiger partial charge in [0.2, 0.25) is 0 Å². The van der Waals surface area contributed by atoms with Gasteiger partial charge in [0, 0.05) is 6.54 Å². The van der Waals surface area contributed by atoms with Gasteiger partial charge in [-0.15, -0.1) is 0 Å². The summed E-state index contributed by atoms with van der Waals surface area (Å²) in [6.07, 6.45) is 2.04. The van der Waals surface area contributed by atoms with Gasteiger partial charge in [0.25, 0.3) is 0 Å². The molecule has 0 unspecified atom stereocenters. The van der Waals surface area contributed by atoms with E-state index in [4.69, 9.17) is 4.74 Å². The number of hydrogen-bond acceptors (Lipinski definition) is 2. The van der Waals surface area contributed by atoms with Gasteiger partial charge in [-0.2, -0.15) is 0 Å². The molecule has 0 bridgehead atoms. The standard InChI is InChI=1S/C15H14FNO/c16-13-9-8-11-5-4-10-17-14(11)15(13)18-12-6-2-1-3-7-12/h1-3,6-9,17H,4-5,10H2. The van der Waals surface area contributed by atoms with Crippen LogP contribution >= 0.6 is 0 Å². The van der Waals surface area contributed by atoms with Crippen LogP contribution in [0.1, 0.15) is 12.0 Å². The van der Waals surface area contributed by atoms with E-state index >= 15 is 0 Å². The van der Waals surface area contributed by atoms with Gasteiger partial charge in [-0.1, -0.05) is 24.3 Å². The van der Waals surface area contributed by atoms with Gasteiger partial charge in [0.05, 0.1) is 5.69 Å². The molecule has 2 aromatic carbocycles. The van der Waals surface area contributed by atoms with Crippen molar-refractivity contribution in [2.24, 2.45) is 0 Å². The lowest BCUT2D eigenvalue weighted by atomic mass is 10.0. The predicted octanol–water partition coefficient (Wildman–Crippen LogP) is 3.98. The molecule has 1 aliphatic rings. The molecule has 92 valence electrons. The highest BCUT2D eigenvalue weighted by Gasteiger charge is 2.18. The summed E-state index contributed by atoms with van der Waals surface area (Å²) in [5.74, 6) is 0.627. The molecule has 0 saturated heterocycles. The number of ether oxygens (including phenoxy) is 1. The first-order valence-electron chi connectivity index (χ1n) is 6.13. The summed E-state index contributed by atoms with van der Waals surface area (Å²) in [6, 6.07) is 12.6. The molecule has 1 N–H and O–H groups in total. The number of anilines is 1. The number of fused-ring (bicyclic) bond motifs is 1. The Hall–Kier alpha value is -2.03. The van der Waals surface area contributed by atoms with Crippen molar-refractivity contribution in [2.45, 2.75) is 12.8 Å². The molecule has 3 rings (SSSR count). The first-order valence-corrected chi connectivity index (χ1v) is 6.13. The number of nitrogens with one attached hydrogen (secondary N) is 1. The summed E-state index contributed by atoms with van der Waals surface area (Å²) in [6.45, 7) is 0.863. The molecule has 0 spiro atoms. The molecule has 2 aromatic rings. The second-order valence-electron chi connectivity index (χ2n) is 4.36. The summed E-state index contributed by atoms with van der Waals surface area (Å²) in [7, 11) is 0. The van der Waals surface area contributed by atoms with Crippen LogP contribution in [0.5, 0.6) is 11.5 Å². The van der Waals surface area contributed by atoms with Gasteiger partial charge >= 0.3 is 0 Å². The van der Waals surface area contributed by atoms with Gasteiger partial charge in [-0.3, -0.25) is 0 Å².